The molecule has 1 fully saturated rings. The Bertz CT molecular complexity index is 139. The molecule has 0 aromatic rings. The van der Waals surface area contributed by atoms with E-state index >= 15 is 0 Å². The predicted octanol–water partition coefficient (Wildman–Crippen LogP) is 1.95. The molecule has 3 atom stereocenters. The van der Waals surface area contributed by atoms with Crippen molar-refractivity contribution in [3.05, 3.63) is 0 Å². The van der Waals surface area contributed by atoms with Crippen LogP contribution in [0.5, 0.6) is 0 Å². The topological polar surface area (TPSA) is 9.23 Å². The van der Waals surface area contributed by atoms with Crippen molar-refractivity contribution in [3.8, 4) is 0 Å². The van der Waals surface area contributed by atoms with Gasteiger partial charge < -0.3 is 4.74 Å². The van der Waals surface area contributed by atoms with Crippen molar-refractivity contribution < 1.29 is 4.74 Å². The average molecular weight is 152 g/mol. The van der Waals surface area contributed by atoms with Gasteiger partial charge in [0.25, 0.3) is 0 Å². The van der Waals surface area contributed by atoms with Crippen LogP contribution in [0.3, 0.4) is 0 Å². The van der Waals surface area contributed by atoms with Crippen molar-refractivity contribution in [2.45, 2.75) is 46.2 Å². The van der Waals surface area contributed by atoms with Crippen LogP contribution in [-0.2, 0) is 4.74 Å². The number of hydrogen-bond acceptors (Lipinski definition) is 1. The summed E-state index contributed by atoms with van der Waals surface area (Å²) >= 11 is 0. The molecule has 1 heterocycles. The molecule has 1 saturated heterocycles. The first-order valence-electron chi connectivity index (χ1n) is 4.32. The van der Waals surface area contributed by atoms with Gasteiger partial charge >= 0.3 is 0 Å². The molecule has 0 spiro atoms. The Morgan fingerprint density at radius 3 is 2.09 bits per heavy atom. The van der Waals surface area contributed by atoms with E-state index in [-0.39, 0.29) is 11.4 Å². The summed E-state index contributed by atoms with van der Waals surface area (Å²) in [5.41, 5.74) is 0.230. The Morgan fingerprint density at radius 1 is 1.36 bits per heavy atom. The third kappa shape index (κ3) is 1.99. The maximum Gasteiger partial charge on any atom is 0.109 e. The van der Waals surface area contributed by atoms with E-state index in [1.807, 2.05) is 0 Å². The SMILES string of the molecule is [B]C1CC(C)C(C(C)(C)C)O1. The van der Waals surface area contributed by atoms with Crippen molar-refractivity contribution in [3.63, 3.8) is 0 Å². The van der Waals surface area contributed by atoms with Crippen molar-refractivity contribution in [2.75, 3.05) is 0 Å². The lowest BCUT2D eigenvalue weighted by molar-refractivity contribution is -0.00236. The van der Waals surface area contributed by atoms with Crippen LogP contribution < -0.4 is 0 Å². The summed E-state index contributed by atoms with van der Waals surface area (Å²) in [4.78, 5) is 0. The zero-order chi connectivity index (χ0) is 8.65. The fraction of sp³-hybridized carbons (Fsp3) is 1.00. The fourth-order valence-electron chi connectivity index (χ4n) is 1.93. The number of ether oxygens (including phenoxy) is 1. The van der Waals surface area contributed by atoms with Crippen LogP contribution in [0.4, 0.5) is 0 Å². The van der Waals surface area contributed by atoms with E-state index in [4.69, 9.17) is 12.6 Å². The smallest absolute Gasteiger partial charge is 0.109 e. The molecule has 0 aliphatic carbocycles. The summed E-state index contributed by atoms with van der Waals surface area (Å²) in [5, 5.41) is 0. The molecule has 0 saturated carbocycles. The zero-order valence-corrected chi connectivity index (χ0v) is 7.92. The van der Waals surface area contributed by atoms with Crippen LogP contribution in [-0.4, -0.2) is 20.0 Å². The molecule has 2 heteroatoms. The van der Waals surface area contributed by atoms with E-state index in [1.165, 1.54) is 0 Å². The van der Waals surface area contributed by atoms with Gasteiger partial charge in [-0.25, -0.2) is 0 Å². The monoisotopic (exact) mass is 152 g/mol. The third-order valence-electron chi connectivity index (χ3n) is 2.30. The minimum Gasteiger partial charge on any atom is -0.384 e. The highest BCUT2D eigenvalue weighted by atomic mass is 16.5. The molecule has 0 amide bonds. The van der Waals surface area contributed by atoms with Crippen LogP contribution in [0.2, 0.25) is 0 Å². The van der Waals surface area contributed by atoms with Crippen molar-refractivity contribution in [2.24, 2.45) is 11.3 Å². The van der Waals surface area contributed by atoms with E-state index in [2.05, 4.69) is 27.7 Å². The van der Waals surface area contributed by atoms with Crippen molar-refractivity contribution >= 4 is 7.85 Å². The molecule has 62 valence electrons. The van der Waals surface area contributed by atoms with Crippen LogP contribution in [0.15, 0.2) is 0 Å². The highest BCUT2D eigenvalue weighted by Gasteiger charge is 2.37. The molecule has 11 heavy (non-hydrogen) atoms. The molecular formula is C9H17BO. The number of hydrogen-bond donors (Lipinski definition) is 0. The van der Waals surface area contributed by atoms with Gasteiger partial charge in [0.05, 0.1) is 6.10 Å². The van der Waals surface area contributed by atoms with Crippen LogP contribution in [0.1, 0.15) is 34.1 Å². The summed E-state index contributed by atoms with van der Waals surface area (Å²) in [6, 6.07) is -0.0331. The normalized spacial score (nSPS) is 39.5. The highest BCUT2D eigenvalue weighted by Crippen LogP contribution is 2.36. The number of rotatable bonds is 0. The first-order chi connectivity index (χ1) is 4.91. The van der Waals surface area contributed by atoms with E-state index in [1.54, 1.807) is 0 Å². The van der Waals surface area contributed by atoms with E-state index in [0.29, 0.717) is 12.0 Å². The minimum absolute atomic E-state index is 0.0331. The summed E-state index contributed by atoms with van der Waals surface area (Å²) in [5.74, 6) is 0.602. The van der Waals surface area contributed by atoms with Gasteiger partial charge in [-0.15, -0.1) is 0 Å². The average Bonchev–Trinajstić information content (AvgIpc) is 2.08. The molecule has 3 unspecified atom stereocenters. The van der Waals surface area contributed by atoms with Gasteiger partial charge in [-0.2, -0.15) is 0 Å². The maximum absolute atomic E-state index is 5.69. The van der Waals surface area contributed by atoms with Crippen molar-refractivity contribution in [1.82, 2.24) is 0 Å². The lowest BCUT2D eigenvalue weighted by atomic mass is 9.81. The van der Waals surface area contributed by atoms with Gasteiger partial charge in [-0.05, 0) is 17.8 Å². The molecule has 0 N–H and O–H groups in total. The van der Waals surface area contributed by atoms with Crippen LogP contribution in [0.25, 0.3) is 0 Å². The molecule has 1 aliphatic heterocycles. The zero-order valence-electron chi connectivity index (χ0n) is 7.92. The Balaban J connectivity index is 2.60. The van der Waals surface area contributed by atoms with Gasteiger partial charge in [0, 0.05) is 6.00 Å². The van der Waals surface area contributed by atoms with Gasteiger partial charge in [-0.3, -0.25) is 0 Å². The summed E-state index contributed by atoms with van der Waals surface area (Å²) in [6.07, 6.45) is 1.33. The van der Waals surface area contributed by atoms with Crippen LogP contribution >= 0.6 is 0 Å². The fourth-order valence-corrected chi connectivity index (χ4v) is 1.93. The second-order valence-corrected chi connectivity index (χ2v) is 4.67. The Kier molecular flexibility index (Phi) is 2.33. The molecule has 1 nitrogen and oxygen atoms in total. The maximum atomic E-state index is 5.69. The first kappa shape index (κ1) is 9.12. The summed E-state index contributed by atoms with van der Waals surface area (Å²) < 4.78 is 5.62. The molecule has 0 bridgehead atoms. The van der Waals surface area contributed by atoms with Crippen molar-refractivity contribution in [1.29, 1.82) is 0 Å². The minimum atomic E-state index is -0.0331. The summed E-state index contributed by atoms with van der Waals surface area (Å²) in [7, 11) is 5.69. The van der Waals surface area contributed by atoms with E-state index in [0.717, 1.165) is 6.42 Å². The van der Waals surface area contributed by atoms with E-state index in [9.17, 15) is 0 Å². The Hall–Kier alpha value is 0.0249. The molecular weight excluding hydrogens is 135 g/mol. The second-order valence-electron chi connectivity index (χ2n) is 4.67. The summed E-state index contributed by atoms with van der Waals surface area (Å²) in [6.45, 7) is 8.81. The predicted molar refractivity (Wildman–Crippen MR) is 47.7 cm³/mol. The first-order valence-corrected chi connectivity index (χ1v) is 4.32. The van der Waals surface area contributed by atoms with Crippen LogP contribution in [0, 0.1) is 11.3 Å². The molecule has 1 aliphatic rings. The molecule has 0 aromatic heterocycles. The molecule has 1 rings (SSSR count). The second kappa shape index (κ2) is 2.82. The molecule has 0 aromatic carbocycles. The van der Waals surface area contributed by atoms with Gasteiger partial charge in [0.1, 0.15) is 7.85 Å². The quantitative estimate of drug-likeness (QED) is 0.482. The lowest BCUT2D eigenvalue weighted by Gasteiger charge is -2.29. The Labute approximate surface area is 70.9 Å². The Morgan fingerprint density at radius 2 is 1.91 bits per heavy atom. The van der Waals surface area contributed by atoms with Gasteiger partial charge in [0.2, 0.25) is 0 Å². The van der Waals surface area contributed by atoms with Gasteiger partial charge in [0.15, 0.2) is 0 Å². The molecule has 2 radical (unpaired) electrons. The van der Waals surface area contributed by atoms with E-state index < -0.39 is 0 Å². The largest absolute Gasteiger partial charge is 0.384 e. The van der Waals surface area contributed by atoms with Gasteiger partial charge in [-0.1, -0.05) is 27.7 Å². The standard InChI is InChI=1S/C9H17BO/c1-6-5-7(10)11-8(6)9(2,3)4/h6-8H,5H2,1-4H3. The lowest BCUT2D eigenvalue weighted by Crippen LogP contribution is -2.30. The third-order valence-corrected chi connectivity index (χ3v) is 2.30. The highest BCUT2D eigenvalue weighted by molar-refractivity contribution is 6.11.